The Kier molecular flexibility index (Phi) is 2.29. The predicted molar refractivity (Wildman–Crippen MR) is 62.7 cm³/mol. The number of carbonyl (C=O) groups is 1. The van der Waals surface area contributed by atoms with Crippen molar-refractivity contribution in [2.24, 2.45) is 0 Å². The molecule has 2 aromatic rings. The quantitative estimate of drug-likeness (QED) is 0.821. The summed E-state index contributed by atoms with van der Waals surface area (Å²) in [6, 6.07) is 9.27. The lowest BCUT2D eigenvalue weighted by atomic mass is 10.1. The molecule has 0 saturated heterocycles. The molecule has 1 aromatic carbocycles. The van der Waals surface area contributed by atoms with Gasteiger partial charge in [0.25, 0.3) is 0 Å². The van der Waals surface area contributed by atoms with Crippen LogP contribution in [-0.4, -0.2) is 17.1 Å². The Morgan fingerprint density at radius 3 is 3.06 bits per heavy atom. The van der Waals surface area contributed by atoms with E-state index in [1.165, 1.54) is 6.26 Å². The maximum atomic E-state index is 11.9. The average molecular weight is 229 g/mol. The molecule has 1 aromatic heterocycles. The number of benzene rings is 1. The van der Waals surface area contributed by atoms with Crippen LogP contribution in [0.2, 0.25) is 0 Å². The number of rotatable bonds is 2. The number of carbonyl (C=O) groups excluding carboxylic acids is 1. The molecule has 0 aliphatic carbocycles. The number of nitrogens with one attached hydrogen (secondary N) is 2. The highest BCUT2D eigenvalue weighted by Gasteiger charge is 2.26. The highest BCUT2D eigenvalue weighted by molar-refractivity contribution is 5.97. The van der Waals surface area contributed by atoms with Crippen LogP contribution in [0.15, 0.2) is 41.1 Å². The highest BCUT2D eigenvalue weighted by atomic mass is 16.5. The molecule has 1 aliphatic heterocycles. The Hall–Kier alpha value is -2.30. The number of nitrogens with zero attached hydrogens (tertiary/aromatic N) is 1. The molecule has 0 spiro atoms. The summed E-state index contributed by atoms with van der Waals surface area (Å²) in [7, 11) is 0. The molecule has 0 fully saturated rings. The minimum atomic E-state index is -0.246. The molecule has 1 aliphatic rings. The smallest absolute Gasteiger partial charge is 0.248 e. The first-order valence-electron chi connectivity index (χ1n) is 5.38. The Labute approximate surface area is 97.8 Å². The zero-order valence-electron chi connectivity index (χ0n) is 9.01. The third-order valence-electron chi connectivity index (χ3n) is 2.78. The fourth-order valence-electron chi connectivity index (χ4n) is 1.95. The molecule has 86 valence electrons. The van der Waals surface area contributed by atoms with Gasteiger partial charge < -0.3 is 15.2 Å². The van der Waals surface area contributed by atoms with Gasteiger partial charge in [0, 0.05) is 18.2 Å². The molecule has 0 radical (unpaired) electrons. The molecule has 2 heterocycles. The summed E-state index contributed by atoms with van der Waals surface area (Å²) in [6.07, 6.45) is 2.12. The van der Waals surface area contributed by atoms with E-state index in [0.29, 0.717) is 12.2 Å². The molecule has 5 nitrogen and oxygen atoms in total. The van der Waals surface area contributed by atoms with Crippen molar-refractivity contribution in [2.45, 2.75) is 12.5 Å². The molecular weight excluding hydrogens is 218 g/mol. The van der Waals surface area contributed by atoms with Gasteiger partial charge in [-0.05, 0) is 11.6 Å². The first-order chi connectivity index (χ1) is 8.33. The minimum Gasteiger partial charge on any atom is -0.373 e. The Bertz CT molecular complexity index is 511. The van der Waals surface area contributed by atoms with Gasteiger partial charge in [0.15, 0.2) is 5.82 Å². The lowest BCUT2D eigenvalue weighted by Gasteiger charge is -2.09. The van der Waals surface area contributed by atoms with E-state index >= 15 is 0 Å². The van der Waals surface area contributed by atoms with Gasteiger partial charge in [-0.3, -0.25) is 4.79 Å². The van der Waals surface area contributed by atoms with Crippen LogP contribution in [0.3, 0.4) is 0 Å². The average Bonchev–Trinajstić information content (AvgIpc) is 2.96. The Morgan fingerprint density at radius 2 is 2.29 bits per heavy atom. The van der Waals surface area contributed by atoms with Gasteiger partial charge in [-0.1, -0.05) is 23.4 Å². The van der Waals surface area contributed by atoms with Crippen molar-refractivity contribution < 1.29 is 9.32 Å². The number of hydrogen-bond donors (Lipinski definition) is 2. The summed E-state index contributed by atoms with van der Waals surface area (Å²) < 4.78 is 4.65. The standard InChI is InChI=1S/C12H11N3O2/c16-12(14-11-5-6-17-15-11)10-7-8-3-1-2-4-9(8)13-10/h1-6,10,13H,7H2,(H,14,15,16). The van der Waals surface area contributed by atoms with Crippen LogP contribution in [0, 0.1) is 0 Å². The van der Waals surface area contributed by atoms with Crippen LogP contribution in [0.5, 0.6) is 0 Å². The second-order valence-electron chi connectivity index (χ2n) is 3.93. The zero-order valence-corrected chi connectivity index (χ0v) is 9.01. The van der Waals surface area contributed by atoms with Gasteiger partial charge >= 0.3 is 0 Å². The second kappa shape index (κ2) is 3.93. The number of hydrogen-bond acceptors (Lipinski definition) is 4. The summed E-state index contributed by atoms with van der Waals surface area (Å²) in [4.78, 5) is 11.9. The van der Waals surface area contributed by atoms with Crippen molar-refractivity contribution in [3.05, 3.63) is 42.2 Å². The maximum Gasteiger partial charge on any atom is 0.248 e. The first kappa shape index (κ1) is 9.89. The van der Waals surface area contributed by atoms with Crippen LogP contribution in [0.4, 0.5) is 11.5 Å². The van der Waals surface area contributed by atoms with Crippen molar-refractivity contribution in [1.82, 2.24) is 5.16 Å². The van der Waals surface area contributed by atoms with Gasteiger partial charge in [0.2, 0.25) is 5.91 Å². The fourth-order valence-corrected chi connectivity index (χ4v) is 1.95. The predicted octanol–water partition coefficient (Wildman–Crippen LogP) is 1.65. The molecule has 0 saturated carbocycles. The topological polar surface area (TPSA) is 67.2 Å². The van der Waals surface area contributed by atoms with Crippen LogP contribution >= 0.6 is 0 Å². The minimum absolute atomic E-state index is 0.102. The van der Waals surface area contributed by atoms with Gasteiger partial charge in [-0.2, -0.15) is 0 Å². The van der Waals surface area contributed by atoms with Crippen LogP contribution in [0.25, 0.3) is 0 Å². The third kappa shape index (κ3) is 1.87. The van der Waals surface area contributed by atoms with Crippen molar-refractivity contribution in [3.63, 3.8) is 0 Å². The number of para-hydroxylation sites is 1. The van der Waals surface area contributed by atoms with E-state index in [4.69, 9.17) is 0 Å². The Balaban J connectivity index is 1.70. The van der Waals surface area contributed by atoms with E-state index < -0.39 is 0 Å². The molecule has 3 rings (SSSR count). The summed E-state index contributed by atoms with van der Waals surface area (Å²) in [5, 5.41) is 9.51. The van der Waals surface area contributed by atoms with Crippen LogP contribution in [0.1, 0.15) is 5.56 Å². The summed E-state index contributed by atoms with van der Waals surface area (Å²) in [5.41, 5.74) is 2.18. The fraction of sp³-hybridized carbons (Fsp3) is 0.167. The molecule has 2 N–H and O–H groups in total. The van der Waals surface area contributed by atoms with E-state index in [1.54, 1.807) is 6.07 Å². The van der Waals surface area contributed by atoms with E-state index in [1.807, 2.05) is 24.3 Å². The molecule has 5 heteroatoms. The zero-order chi connectivity index (χ0) is 11.7. The summed E-state index contributed by atoms with van der Waals surface area (Å²) >= 11 is 0. The number of fused-ring (bicyclic) bond motifs is 1. The third-order valence-corrected chi connectivity index (χ3v) is 2.78. The van der Waals surface area contributed by atoms with E-state index in [2.05, 4.69) is 20.3 Å². The SMILES string of the molecule is O=C(Nc1ccon1)C1Cc2ccccc2N1. The van der Waals surface area contributed by atoms with Gasteiger partial charge in [0.05, 0.1) is 0 Å². The van der Waals surface area contributed by atoms with E-state index in [-0.39, 0.29) is 11.9 Å². The monoisotopic (exact) mass is 229 g/mol. The highest BCUT2D eigenvalue weighted by Crippen LogP contribution is 2.25. The molecular formula is C12H11N3O2. The number of amides is 1. The molecule has 1 unspecified atom stereocenters. The summed E-state index contributed by atoms with van der Waals surface area (Å²) in [5.74, 6) is 0.336. The molecule has 17 heavy (non-hydrogen) atoms. The van der Waals surface area contributed by atoms with Crippen molar-refractivity contribution in [3.8, 4) is 0 Å². The number of anilines is 2. The molecule has 0 bridgehead atoms. The molecule has 1 amide bonds. The molecule has 1 atom stereocenters. The van der Waals surface area contributed by atoms with Crippen molar-refractivity contribution in [2.75, 3.05) is 10.6 Å². The van der Waals surface area contributed by atoms with Crippen LogP contribution < -0.4 is 10.6 Å². The van der Waals surface area contributed by atoms with Crippen molar-refractivity contribution in [1.29, 1.82) is 0 Å². The van der Waals surface area contributed by atoms with Crippen LogP contribution in [-0.2, 0) is 11.2 Å². The van der Waals surface area contributed by atoms with Crippen molar-refractivity contribution >= 4 is 17.4 Å². The summed E-state index contributed by atoms with van der Waals surface area (Å²) in [6.45, 7) is 0. The van der Waals surface area contributed by atoms with E-state index in [9.17, 15) is 4.79 Å². The maximum absolute atomic E-state index is 11.9. The second-order valence-corrected chi connectivity index (χ2v) is 3.93. The Morgan fingerprint density at radius 1 is 1.41 bits per heavy atom. The van der Waals surface area contributed by atoms with Gasteiger partial charge in [-0.25, -0.2) is 0 Å². The van der Waals surface area contributed by atoms with Gasteiger partial charge in [-0.15, -0.1) is 0 Å². The van der Waals surface area contributed by atoms with Gasteiger partial charge in [0.1, 0.15) is 12.3 Å². The largest absolute Gasteiger partial charge is 0.373 e. The number of aromatic nitrogens is 1. The lowest BCUT2D eigenvalue weighted by Crippen LogP contribution is -2.32. The van der Waals surface area contributed by atoms with E-state index in [0.717, 1.165) is 11.3 Å². The first-order valence-corrected chi connectivity index (χ1v) is 5.38. The normalized spacial score (nSPS) is 17.3. The lowest BCUT2D eigenvalue weighted by molar-refractivity contribution is -0.116.